The van der Waals surface area contributed by atoms with E-state index in [4.69, 9.17) is 11.6 Å². The first-order chi connectivity index (χ1) is 8.16. The molecule has 1 amide bonds. The zero-order valence-corrected chi connectivity index (χ0v) is 11.0. The maximum Gasteiger partial charge on any atom is 0.255 e. The van der Waals surface area contributed by atoms with Gasteiger partial charge in [0.15, 0.2) is 0 Å². The molecule has 0 saturated heterocycles. The maximum atomic E-state index is 11.9. The average molecular weight is 310 g/mol. The third-order valence-electron chi connectivity index (χ3n) is 2.15. The van der Waals surface area contributed by atoms with Gasteiger partial charge in [-0.25, -0.2) is 0 Å². The number of hydrogen-bond donors (Lipinski definition) is 1. The number of anilines is 1. The second-order valence-corrected chi connectivity index (χ2v) is 4.64. The molecule has 0 aliphatic carbocycles. The second kappa shape index (κ2) is 5.34. The molecule has 0 bridgehead atoms. The fourth-order valence-electron chi connectivity index (χ4n) is 1.31. The Morgan fingerprint density at radius 3 is 2.82 bits per heavy atom. The lowest BCUT2D eigenvalue weighted by atomic mass is 10.2. The number of hydrogen-bond acceptors (Lipinski definition) is 1. The van der Waals surface area contributed by atoms with Crippen LogP contribution in [0, 0.1) is 6.07 Å². The molecule has 2 rings (SSSR count). The number of rotatable bonds is 2. The fraction of sp³-hybridized carbons (Fsp3) is 0. The molecule has 17 heavy (non-hydrogen) atoms. The molecule has 2 aromatic carbocycles. The summed E-state index contributed by atoms with van der Waals surface area (Å²) in [5.74, 6) is -0.179. The van der Waals surface area contributed by atoms with Crippen LogP contribution in [-0.2, 0) is 0 Å². The molecule has 1 radical (unpaired) electrons. The highest BCUT2D eigenvalue weighted by atomic mass is 79.9. The molecule has 0 unspecified atom stereocenters. The lowest BCUT2D eigenvalue weighted by Gasteiger charge is -2.05. The van der Waals surface area contributed by atoms with Gasteiger partial charge in [0, 0.05) is 15.7 Å². The van der Waals surface area contributed by atoms with Gasteiger partial charge in [-0.1, -0.05) is 23.7 Å². The monoisotopic (exact) mass is 308 g/mol. The van der Waals surface area contributed by atoms with Gasteiger partial charge in [0.1, 0.15) is 0 Å². The van der Waals surface area contributed by atoms with E-state index >= 15 is 0 Å². The average Bonchev–Trinajstić information content (AvgIpc) is 2.34. The fourth-order valence-corrected chi connectivity index (χ4v) is 1.81. The van der Waals surface area contributed by atoms with Crippen molar-refractivity contribution in [2.75, 3.05) is 5.32 Å². The standard InChI is InChI=1S/C13H8BrClNO/c14-11-8-9(6-7-12(11)15)13(17)16-10-4-2-1-3-5-10/h1-2,4-8H,(H,16,17). The predicted molar refractivity (Wildman–Crippen MR) is 72.4 cm³/mol. The molecule has 2 nitrogen and oxygen atoms in total. The van der Waals surface area contributed by atoms with E-state index in [2.05, 4.69) is 27.3 Å². The van der Waals surface area contributed by atoms with Crippen LogP contribution in [0.2, 0.25) is 5.02 Å². The van der Waals surface area contributed by atoms with Crippen molar-refractivity contribution in [2.45, 2.75) is 0 Å². The molecule has 85 valence electrons. The summed E-state index contributed by atoms with van der Waals surface area (Å²) in [5.41, 5.74) is 1.26. The van der Waals surface area contributed by atoms with Crippen molar-refractivity contribution in [1.29, 1.82) is 0 Å². The SMILES string of the molecule is O=C(Nc1c[c]ccc1)c1ccc(Cl)c(Br)c1. The van der Waals surface area contributed by atoms with E-state index in [-0.39, 0.29) is 5.91 Å². The highest BCUT2D eigenvalue weighted by Crippen LogP contribution is 2.23. The Morgan fingerprint density at radius 2 is 2.18 bits per heavy atom. The van der Waals surface area contributed by atoms with E-state index in [1.54, 1.807) is 36.4 Å². The molecule has 0 spiro atoms. The highest BCUT2D eigenvalue weighted by Gasteiger charge is 2.07. The summed E-state index contributed by atoms with van der Waals surface area (Å²) in [6.07, 6.45) is 0. The summed E-state index contributed by atoms with van der Waals surface area (Å²) >= 11 is 9.14. The van der Waals surface area contributed by atoms with Crippen LogP contribution in [0.5, 0.6) is 0 Å². The van der Waals surface area contributed by atoms with Gasteiger partial charge in [-0.2, -0.15) is 0 Å². The van der Waals surface area contributed by atoms with Crippen molar-refractivity contribution in [3.8, 4) is 0 Å². The van der Waals surface area contributed by atoms with Gasteiger partial charge in [0.25, 0.3) is 5.91 Å². The first-order valence-corrected chi connectivity index (χ1v) is 6.06. The normalized spacial score (nSPS) is 10.0. The molecular weight excluding hydrogens is 302 g/mol. The zero-order valence-electron chi connectivity index (χ0n) is 8.71. The Balaban J connectivity index is 2.18. The summed E-state index contributed by atoms with van der Waals surface area (Å²) in [4.78, 5) is 11.9. The Labute approximate surface area is 113 Å². The first-order valence-electron chi connectivity index (χ1n) is 4.89. The van der Waals surface area contributed by atoms with Crippen molar-refractivity contribution in [1.82, 2.24) is 0 Å². The molecule has 0 aromatic heterocycles. The molecule has 0 atom stereocenters. The van der Waals surface area contributed by atoms with E-state index in [1.807, 2.05) is 6.07 Å². The molecular formula is C13H8BrClNO. The van der Waals surface area contributed by atoms with E-state index in [1.165, 1.54) is 0 Å². The third kappa shape index (κ3) is 3.08. The highest BCUT2D eigenvalue weighted by molar-refractivity contribution is 9.10. The van der Waals surface area contributed by atoms with Crippen molar-refractivity contribution in [3.63, 3.8) is 0 Å². The van der Waals surface area contributed by atoms with Crippen LogP contribution >= 0.6 is 27.5 Å². The summed E-state index contributed by atoms with van der Waals surface area (Å²) < 4.78 is 0.700. The van der Waals surface area contributed by atoms with Crippen LogP contribution in [0.4, 0.5) is 5.69 Å². The van der Waals surface area contributed by atoms with Gasteiger partial charge in [-0.05, 0) is 52.3 Å². The number of halogens is 2. The van der Waals surface area contributed by atoms with Crippen LogP contribution in [0.15, 0.2) is 46.9 Å². The number of benzene rings is 2. The largest absolute Gasteiger partial charge is 0.322 e. The lowest BCUT2D eigenvalue weighted by molar-refractivity contribution is 0.102. The van der Waals surface area contributed by atoms with Crippen LogP contribution in [0.1, 0.15) is 10.4 Å². The maximum absolute atomic E-state index is 11.9. The minimum absolute atomic E-state index is 0.179. The quantitative estimate of drug-likeness (QED) is 0.887. The van der Waals surface area contributed by atoms with Crippen LogP contribution in [0.3, 0.4) is 0 Å². The molecule has 0 aliphatic heterocycles. The smallest absolute Gasteiger partial charge is 0.255 e. The minimum Gasteiger partial charge on any atom is -0.322 e. The molecule has 0 saturated carbocycles. The Hall–Kier alpha value is -1.32. The number of carbonyl (C=O) groups excluding carboxylic acids is 1. The van der Waals surface area contributed by atoms with Gasteiger partial charge in [-0.15, -0.1) is 0 Å². The molecule has 4 heteroatoms. The zero-order chi connectivity index (χ0) is 12.3. The molecule has 0 aliphatic rings. The molecule has 1 N–H and O–H groups in total. The number of nitrogens with one attached hydrogen (secondary N) is 1. The Bertz CT molecular complexity index is 542. The topological polar surface area (TPSA) is 29.1 Å². The summed E-state index contributed by atoms with van der Waals surface area (Å²) in [7, 11) is 0. The van der Waals surface area contributed by atoms with Crippen molar-refractivity contribution < 1.29 is 4.79 Å². The first kappa shape index (κ1) is 12.1. The summed E-state index contributed by atoms with van der Waals surface area (Å²) in [6, 6.07) is 15.0. The van der Waals surface area contributed by atoms with Crippen LogP contribution in [-0.4, -0.2) is 5.91 Å². The lowest BCUT2D eigenvalue weighted by Crippen LogP contribution is -2.11. The van der Waals surface area contributed by atoms with Crippen LogP contribution in [0.25, 0.3) is 0 Å². The molecule has 0 fully saturated rings. The van der Waals surface area contributed by atoms with Crippen LogP contribution < -0.4 is 5.32 Å². The van der Waals surface area contributed by atoms with E-state index in [0.717, 1.165) is 0 Å². The summed E-state index contributed by atoms with van der Waals surface area (Å²) in [5, 5.41) is 3.35. The minimum atomic E-state index is -0.179. The van der Waals surface area contributed by atoms with Crippen molar-refractivity contribution >= 4 is 39.1 Å². The third-order valence-corrected chi connectivity index (χ3v) is 3.36. The number of amides is 1. The van der Waals surface area contributed by atoms with E-state index < -0.39 is 0 Å². The van der Waals surface area contributed by atoms with Gasteiger partial charge in [0.2, 0.25) is 0 Å². The van der Waals surface area contributed by atoms with E-state index in [0.29, 0.717) is 20.7 Å². The van der Waals surface area contributed by atoms with E-state index in [9.17, 15) is 4.79 Å². The Morgan fingerprint density at radius 1 is 1.35 bits per heavy atom. The van der Waals surface area contributed by atoms with Gasteiger partial charge >= 0.3 is 0 Å². The summed E-state index contributed by atoms with van der Waals surface area (Å²) in [6.45, 7) is 0. The van der Waals surface area contributed by atoms with Crippen molar-refractivity contribution in [2.24, 2.45) is 0 Å². The molecule has 0 heterocycles. The Kier molecular flexibility index (Phi) is 3.82. The van der Waals surface area contributed by atoms with Gasteiger partial charge in [0.05, 0.1) is 5.02 Å². The second-order valence-electron chi connectivity index (χ2n) is 3.38. The van der Waals surface area contributed by atoms with Crippen molar-refractivity contribution in [3.05, 3.63) is 63.6 Å². The van der Waals surface area contributed by atoms with Gasteiger partial charge in [-0.3, -0.25) is 4.79 Å². The predicted octanol–water partition coefficient (Wildman–Crippen LogP) is 4.15. The number of carbonyl (C=O) groups is 1. The van der Waals surface area contributed by atoms with Gasteiger partial charge < -0.3 is 5.32 Å². The molecule has 2 aromatic rings.